The van der Waals surface area contributed by atoms with E-state index < -0.39 is 11.9 Å². The van der Waals surface area contributed by atoms with E-state index in [9.17, 15) is 18.0 Å². The van der Waals surface area contributed by atoms with Gasteiger partial charge in [-0.2, -0.15) is 13.2 Å². The first-order chi connectivity index (χ1) is 8.45. The second-order valence-electron chi connectivity index (χ2n) is 4.33. The van der Waals surface area contributed by atoms with E-state index in [2.05, 4.69) is 10.3 Å². The van der Waals surface area contributed by atoms with Crippen molar-refractivity contribution < 1.29 is 22.7 Å². The zero-order chi connectivity index (χ0) is 12.9. The number of ether oxygens (including phenoxy) is 1. The van der Waals surface area contributed by atoms with Gasteiger partial charge in [0.15, 0.2) is 0 Å². The van der Waals surface area contributed by atoms with Gasteiger partial charge in [-0.25, -0.2) is 4.98 Å². The molecule has 0 aromatic carbocycles. The molecule has 7 heteroatoms. The summed E-state index contributed by atoms with van der Waals surface area (Å²) in [6.45, 7) is 0. The van der Waals surface area contributed by atoms with E-state index in [4.69, 9.17) is 4.74 Å². The maximum atomic E-state index is 12.5. The number of fused-ring (bicyclic) bond motifs is 3. The molecule has 1 N–H and O–H groups in total. The highest BCUT2D eigenvalue weighted by Gasteiger charge is 2.41. The van der Waals surface area contributed by atoms with E-state index in [1.54, 1.807) is 0 Å². The van der Waals surface area contributed by atoms with E-state index >= 15 is 0 Å². The Bertz CT molecular complexity index is 516. The van der Waals surface area contributed by atoms with Gasteiger partial charge in [0.05, 0.1) is 6.04 Å². The van der Waals surface area contributed by atoms with Crippen molar-refractivity contribution in [1.82, 2.24) is 10.3 Å². The fourth-order valence-electron chi connectivity index (χ4n) is 2.27. The number of hydrogen-bond donors (Lipinski definition) is 1. The number of carbonyl (C=O) groups excluding carboxylic acids is 1. The maximum absolute atomic E-state index is 12.5. The first-order valence-electron chi connectivity index (χ1n) is 5.49. The molecule has 2 aliphatic heterocycles. The lowest BCUT2D eigenvalue weighted by Crippen LogP contribution is -2.40. The van der Waals surface area contributed by atoms with Crippen LogP contribution in [0.4, 0.5) is 13.2 Å². The molecule has 0 bridgehead atoms. The number of hydrogen-bond acceptors (Lipinski definition) is 3. The average Bonchev–Trinajstić information content (AvgIpc) is 2.65. The predicted molar refractivity (Wildman–Crippen MR) is 53.8 cm³/mol. The van der Waals surface area contributed by atoms with Crippen LogP contribution in [-0.4, -0.2) is 17.0 Å². The van der Waals surface area contributed by atoms with Crippen LogP contribution in [0.5, 0.6) is 5.88 Å². The molecule has 2 unspecified atom stereocenters. The van der Waals surface area contributed by atoms with Crippen LogP contribution in [0.1, 0.15) is 30.1 Å². The zero-order valence-electron chi connectivity index (χ0n) is 9.12. The molecule has 0 aliphatic carbocycles. The zero-order valence-corrected chi connectivity index (χ0v) is 9.12. The lowest BCUT2D eigenvalue weighted by Gasteiger charge is -2.24. The third-order valence-corrected chi connectivity index (χ3v) is 3.12. The minimum Gasteiger partial charge on any atom is -0.472 e. The van der Waals surface area contributed by atoms with Crippen LogP contribution < -0.4 is 10.1 Å². The fourth-order valence-corrected chi connectivity index (χ4v) is 2.27. The largest absolute Gasteiger partial charge is 0.472 e. The van der Waals surface area contributed by atoms with E-state index in [-0.39, 0.29) is 23.9 Å². The number of halogens is 3. The summed E-state index contributed by atoms with van der Waals surface area (Å²) in [6, 6.07) is 1.85. The Morgan fingerprint density at radius 3 is 2.89 bits per heavy atom. The van der Waals surface area contributed by atoms with Gasteiger partial charge in [0.25, 0.3) is 0 Å². The van der Waals surface area contributed by atoms with Crippen molar-refractivity contribution in [3.8, 4) is 5.88 Å². The second-order valence-corrected chi connectivity index (χ2v) is 4.33. The van der Waals surface area contributed by atoms with Gasteiger partial charge in [-0.15, -0.1) is 0 Å². The summed E-state index contributed by atoms with van der Waals surface area (Å²) in [4.78, 5) is 14.7. The highest BCUT2D eigenvalue weighted by molar-refractivity contribution is 5.78. The average molecular weight is 258 g/mol. The Balaban J connectivity index is 1.97. The number of pyridine rings is 1. The Morgan fingerprint density at radius 1 is 1.39 bits per heavy atom. The van der Waals surface area contributed by atoms with Gasteiger partial charge < -0.3 is 10.1 Å². The van der Waals surface area contributed by atoms with Crippen molar-refractivity contribution in [3.63, 3.8) is 0 Å². The minimum absolute atomic E-state index is 0.0259. The Morgan fingerprint density at radius 2 is 2.17 bits per heavy atom. The van der Waals surface area contributed by atoms with Crippen LogP contribution in [0.15, 0.2) is 12.1 Å². The molecule has 1 aromatic rings. The summed E-state index contributed by atoms with van der Waals surface area (Å²) in [5, 5.41) is 2.71. The maximum Gasteiger partial charge on any atom is 0.433 e. The lowest BCUT2D eigenvalue weighted by molar-refractivity contribution is -0.141. The molecule has 3 heterocycles. The Labute approximate surface area is 100 Å². The molecule has 3 rings (SSSR count). The summed E-state index contributed by atoms with van der Waals surface area (Å²) in [5.41, 5.74) is -0.465. The molecular formula is C11H9F3N2O2. The molecule has 4 nitrogen and oxygen atoms in total. The van der Waals surface area contributed by atoms with Crippen LogP contribution >= 0.6 is 0 Å². The van der Waals surface area contributed by atoms with Gasteiger partial charge in [-0.05, 0) is 18.6 Å². The first kappa shape index (κ1) is 11.3. The van der Waals surface area contributed by atoms with Crippen LogP contribution in [0, 0.1) is 0 Å². The van der Waals surface area contributed by atoms with E-state index in [1.807, 2.05) is 0 Å². The first-order valence-corrected chi connectivity index (χ1v) is 5.49. The topological polar surface area (TPSA) is 51.2 Å². The lowest BCUT2D eigenvalue weighted by atomic mass is 9.97. The monoisotopic (exact) mass is 258 g/mol. The molecule has 0 spiro atoms. The van der Waals surface area contributed by atoms with Gasteiger partial charge in [0.2, 0.25) is 11.8 Å². The molecule has 1 fully saturated rings. The highest BCUT2D eigenvalue weighted by Crippen LogP contribution is 2.40. The molecular weight excluding hydrogens is 249 g/mol. The number of rotatable bonds is 0. The van der Waals surface area contributed by atoms with Crippen molar-refractivity contribution in [3.05, 3.63) is 23.4 Å². The molecule has 1 saturated heterocycles. The molecule has 2 atom stereocenters. The number of nitrogens with one attached hydrogen (secondary N) is 1. The smallest absolute Gasteiger partial charge is 0.433 e. The van der Waals surface area contributed by atoms with E-state index in [0.717, 1.165) is 6.07 Å². The van der Waals surface area contributed by atoms with Crippen molar-refractivity contribution in [2.45, 2.75) is 31.2 Å². The molecule has 96 valence electrons. The van der Waals surface area contributed by atoms with Crippen molar-refractivity contribution in [2.24, 2.45) is 0 Å². The molecule has 1 aromatic heterocycles. The third-order valence-electron chi connectivity index (χ3n) is 3.12. The van der Waals surface area contributed by atoms with Crippen molar-refractivity contribution >= 4 is 5.91 Å². The van der Waals surface area contributed by atoms with Gasteiger partial charge in [0, 0.05) is 12.0 Å². The number of amides is 1. The number of carbonyl (C=O) groups is 1. The highest BCUT2D eigenvalue weighted by atomic mass is 19.4. The SMILES string of the molecule is O=C1CCC2Oc3nc(C(F)(F)F)ccc3C2N1. The minimum atomic E-state index is -4.49. The van der Waals surface area contributed by atoms with Crippen LogP contribution in [0.2, 0.25) is 0 Å². The molecule has 1 amide bonds. The Hall–Kier alpha value is -1.79. The number of alkyl halides is 3. The van der Waals surface area contributed by atoms with Crippen molar-refractivity contribution in [2.75, 3.05) is 0 Å². The third kappa shape index (κ3) is 1.70. The van der Waals surface area contributed by atoms with Crippen LogP contribution in [0.3, 0.4) is 0 Å². The number of aromatic nitrogens is 1. The normalized spacial score (nSPS) is 26.1. The number of nitrogens with zero attached hydrogens (tertiary/aromatic N) is 1. The van der Waals surface area contributed by atoms with Gasteiger partial charge in [-0.3, -0.25) is 4.79 Å². The van der Waals surface area contributed by atoms with Gasteiger partial charge in [0.1, 0.15) is 11.8 Å². The molecule has 18 heavy (non-hydrogen) atoms. The van der Waals surface area contributed by atoms with E-state index in [0.29, 0.717) is 18.4 Å². The quantitative estimate of drug-likeness (QED) is 0.772. The standard InChI is InChI=1S/C11H9F3N2O2/c12-11(13,14)7-3-1-5-9-6(18-10(5)15-7)2-4-8(17)16-9/h1,3,6,9H,2,4H2,(H,16,17). The van der Waals surface area contributed by atoms with Gasteiger partial charge in [-0.1, -0.05) is 0 Å². The summed E-state index contributed by atoms with van der Waals surface area (Å²) in [5.74, 6) is -0.144. The molecule has 0 radical (unpaired) electrons. The number of piperidine rings is 1. The molecule has 0 saturated carbocycles. The molecule has 2 aliphatic rings. The second kappa shape index (κ2) is 3.60. The summed E-state index contributed by atoms with van der Waals surface area (Å²) >= 11 is 0. The summed E-state index contributed by atoms with van der Waals surface area (Å²) in [7, 11) is 0. The van der Waals surface area contributed by atoms with Crippen LogP contribution in [-0.2, 0) is 11.0 Å². The predicted octanol–water partition coefficient (Wildman–Crippen LogP) is 1.81. The van der Waals surface area contributed by atoms with Gasteiger partial charge >= 0.3 is 6.18 Å². The van der Waals surface area contributed by atoms with Crippen molar-refractivity contribution in [1.29, 1.82) is 0 Å². The summed E-state index contributed by atoms with van der Waals surface area (Å²) < 4.78 is 42.9. The van der Waals surface area contributed by atoms with Crippen LogP contribution in [0.25, 0.3) is 0 Å². The fraction of sp³-hybridized carbons (Fsp3) is 0.455. The van der Waals surface area contributed by atoms with E-state index in [1.165, 1.54) is 6.07 Å². The summed E-state index contributed by atoms with van der Waals surface area (Å²) in [6.07, 6.45) is -3.99. The Kier molecular flexibility index (Phi) is 2.26.